The maximum Gasteiger partial charge on any atom is 0.115 e. The SMILES string of the molecule is CC#C[C@@H](O)C[C@H](C)CCCC(C)C. The van der Waals surface area contributed by atoms with Crippen LogP contribution >= 0.6 is 0 Å². The van der Waals surface area contributed by atoms with Gasteiger partial charge in [0.15, 0.2) is 0 Å². The van der Waals surface area contributed by atoms with E-state index in [0.717, 1.165) is 12.3 Å². The first-order valence-corrected chi connectivity index (χ1v) is 5.66. The van der Waals surface area contributed by atoms with Crippen LogP contribution in [0.25, 0.3) is 0 Å². The minimum Gasteiger partial charge on any atom is -0.380 e. The van der Waals surface area contributed by atoms with Gasteiger partial charge in [0, 0.05) is 0 Å². The summed E-state index contributed by atoms with van der Waals surface area (Å²) in [4.78, 5) is 0. The van der Waals surface area contributed by atoms with Gasteiger partial charge in [-0.25, -0.2) is 0 Å². The lowest BCUT2D eigenvalue weighted by Crippen LogP contribution is -2.09. The Morgan fingerprint density at radius 1 is 1.14 bits per heavy atom. The van der Waals surface area contributed by atoms with E-state index in [-0.39, 0.29) is 0 Å². The van der Waals surface area contributed by atoms with E-state index in [1.54, 1.807) is 6.92 Å². The van der Waals surface area contributed by atoms with E-state index in [4.69, 9.17) is 0 Å². The Kier molecular flexibility index (Phi) is 7.61. The monoisotopic (exact) mass is 196 g/mol. The normalized spacial score (nSPS) is 14.7. The van der Waals surface area contributed by atoms with Gasteiger partial charge in [0.2, 0.25) is 0 Å². The molecule has 2 atom stereocenters. The fraction of sp³-hybridized carbons (Fsp3) is 0.846. The summed E-state index contributed by atoms with van der Waals surface area (Å²) in [7, 11) is 0. The van der Waals surface area contributed by atoms with Gasteiger partial charge in [0.05, 0.1) is 0 Å². The van der Waals surface area contributed by atoms with E-state index in [9.17, 15) is 5.11 Å². The first kappa shape index (κ1) is 13.5. The van der Waals surface area contributed by atoms with Gasteiger partial charge < -0.3 is 5.11 Å². The first-order valence-electron chi connectivity index (χ1n) is 5.66. The molecular formula is C13H24O. The second-order valence-corrected chi connectivity index (χ2v) is 4.58. The molecule has 1 nitrogen and oxygen atoms in total. The topological polar surface area (TPSA) is 20.2 Å². The highest BCUT2D eigenvalue weighted by Gasteiger charge is 2.07. The highest BCUT2D eigenvalue weighted by atomic mass is 16.3. The summed E-state index contributed by atoms with van der Waals surface area (Å²) in [6.07, 6.45) is 4.17. The lowest BCUT2D eigenvalue weighted by Gasteiger charge is -2.13. The average molecular weight is 196 g/mol. The van der Waals surface area contributed by atoms with E-state index >= 15 is 0 Å². The smallest absolute Gasteiger partial charge is 0.115 e. The van der Waals surface area contributed by atoms with Crippen molar-refractivity contribution in [3.63, 3.8) is 0 Å². The standard InChI is InChI=1S/C13H24O/c1-5-7-13(14)10-12(4)9-6-8-11(2)3/h11-14H,6,8-10H2,1-4H3/t12-,13-/m1/s1. The highest BCUT2D eigenvalue weighted by Crippen LogP contribution is 2.16. The Bertz CT molecular complexity index is 185. The number of rotatable bonds is 6. The molecule has 0 aromatic carbocycles. The van der Waals surface area contributed by atoms with Crippen molar-refractivity contribution in [2.75, 3.05) is 0 Å². The van der Waals surface area contributed by atoms with E-state index in [2.05, 4.69) is 32.6 Å². The molecule has 1 N–H and O–H groups in total. The Morgan fingerprint density at radius 2 is 1.79 bits per heavy atom. The first-order chi connectivity index (χ1) is 6.56. The molecule has 0 aliphatic carbocycles. The summed E-state index contributed by atoms with van der Waals surface area (Å²) in [5, 5.41) is 9.45. The van der Waals surface area contributed by atoms with Gasteiger partial charge in [-0.2, -0.15) is 0 Å². The van der Waals surface area contributed by atoms with Crippen LogP contribution in [0.2, 0.25) is 0 Å². The summed E-state index contributed by atoms with van der Waals surface area (Å²) < 4.78 is 0. The van der Waals surface area contributed by atoms with Crippen molar-refractivity contribution in [3.05, 3.63) is 0 Å². The third kappa shape index (κ3) is 8.13. The van der Waals surface area contributed by atoms with Crippen molar-refractivity contribution in [2.45, 2.75) is 59.5 Å². The Morgan fingerprint density at radius 3 is 2.29 bits per heavy atom. The molecule has 0 radical (unpaired) electrons. The second kappa shape index (κ2) is 7.88. The van der Waals surface area contributed by atoms with Crippen molar-refractivity contribution in [1.29, 1.82) is 0 Å². The van der Waals surface area contributed by atoms with Crippen molar-refractivity contribution >= 4 is 0 Å². The Hall–Kier alpha value is -0.480. The fourth-order valence-electron chi connectivity index (χ4n) is 1.60. The zero-order valence-electron chi connectivity index (χ0n) is 10.0. The Labute approximate surface area is 88.9 Å². The van der Waals surface area contributed by atoms with E-state index in [1.807, 2.05) is 0 Å². The van der Waals surface area contributed by atoms with Crippen LogP contribution in [0.15, 0.2) is 0 Å². The van der Waals surface area contributed by atoms with Crippen molar-refractivity contribution in [1.82, 2.24) is 0 Å². The number of hydrogen-bond acceptors (Lipinski definition) is 1. The van der Waals surface area contributed by atoms with Crippen LogP contribution in [0, 0.1) is 23.7 Å². The molecule has 0 saturated heterocycles. The maximum atomic E-state index is 9.45. The molecule has 1 heteroatoms. The van der Waals surface area contributed by atoms with Gasteiger partial charge >= 0.3 is 0 Å². The zero-order valence-corrected chi connectivity index (χ0v) is 10.0. The maximum absolute atomic E-state index is 9.45. The molecule has 0 bridgehead atoms. The van der Waals surface area contributed by atoms with Crippen LogP contribution in [0.1, 0.15) is 53.4 Å². The zero-order chi connectivity index (χ0) is 11.0. The van der Waals surface area contributed by atoms with Crippen LogP contribution in [0.3, 0.4) is 0 Å². The molecule has 0 rings (SSSR count). The molecule has 0 aromatic rings. The van der Waals surface area contributed by atoms with E-state index < -0.39 is 6.10 Å². The number of aliphatic hydroxyl groups excluding tert-OH is 1. The molecule has 14 heavy (non-hydrogen) atoms. The van der Waals surface area contributed by atoms with Crippen LogP contribution in [0.5, 0.6) is 0 Å². The molecule has 0 aromatic heterocycles. The second-order valence-electron chi connectivity index (χ2n) is 4.58. The highest BCUT2D eigenvalue weighted by molar-refractivity contribution is 5.01. The molecule has 0 fully saturated rings. The van der Waals surface area contributed by atoms with Crippen LogP contribution in [-0.2, 0) is 0 Å². The molecule has 0 amide bonds. The average Bonchev–Trinajstić information content (AvgIpc) is 2.03. The summed E-state index contributed by atoms with van der Waals surface area (Å²) in [5.41, 5.74) is 0. The van der Waals surface area contributed by atoms with Gasteiger partial charge in [0.1, 0.15) is 6.10 Å². The summed E-state index contributed by atoms with van der Waals surface area (Å²) in [5.74, 6) is 6.91. The van der Waals surface area contributed by atoms with Crippen LogP contribution in [0.4, 0.5) is 0 Å². The predicted octanol–water partition coefficient (Wildman–Crippen LogP) is 3.22. The quantitative estimate of drug-likeness (QED) is 0.647. The number of hydrogen-bond donors (Lipinski definition) is 1. The van der Waals surface area contributed by atoms with E-state index in [1.165, 1.54) is 19.3 Å². The van der Waals surface area contributed by atoms with Crippen LogP contribution in [-0.4, -0.2) is 11.2 Å². The largest absolute Gasteiger partial charge is 0.380 e. The van der Waals surface area contributed by atoms with E-state index in [0.29, 0.717) is 5.92 Å². The molecular weight excluding hydrogens is 172 g/mol. The van der Waals surface area contributed by atoms with Crippen molar-refractivity contribution in [2.24, 2.45) is 11.8 Å². The van der Waals surface area contributed by atoms with Crippen molar-refractivity contribution < 1.29 is 5.11 Å². The molecule has 82 valence electrons. The Balaban J connectivity index is 3.53. The van der Waals surface area contributed by atoms with Crippen LogP contribution < -0.4 is 0 Å². The van der Waals surface area contributed by atoms with Gasteiger partial charge in [-0.15, -0.1) is 5.92 Å². The third-order valence-corrected chi connectivity index (χ3v) is 2.41. The molecule has 0 spiro atoms. The summed E-state index contributed by atoms with van der Waals surface area (Å²) in [6, 6.07) is 0. The summed E-state index contributed by atoms with van der Waals surface area (Å²) >= 11 is 0. The van der Waals surface area contributed by atoms with Gasteiger partial charge in [-0.1, -0.05) is 46.0 Å². The third-order valence-electron chi connectivity index (χ3n) is 2.41. The molecule has 0 unspecified atom stereocenters. The van der Waals surface area contributed by atoms with Gasteiger partial charge in [0.25, 0.3) is 0 Å². The molecule has 0 aliphatic heterocycles. The van der Waals surface area contributed by atoms with Crippen molar-refractivity contribution in [3.8, 4) is 11.8 Å². The van der Waals surface area contributed by atoms with Gasteiger partial charge in [-0.05, 0) is 25.2 Å². The number of aliphatic hydroxyl groups is 1. The van der Waals surface area contributed by atoms with Gasteiger partial charge in [-0.3, -0.25) is 0 Å². The lowest BCUT2D eigenvalue weighted by atomic mass is 9.95. The minimum absolute atomic E-state index is 0.422. The summed E-state index contributed by atoms with van der Waals surface area (Å²) in [6.45, 7) is 8.47. The molecule has 0 saturated carbocycles. The predicted molar refractivity (Wildman–Crippen MR) is 61.9 cm³/mol. The molecule has 0 aliphatic rings. The lowest BCUT2D eigenvalue weighted by molar-refractivity contribution is 0.195. The fourth-order valence-corrected chi connectivity index (χ4v) is 1.60. The minimum atomic E-state index is -0.422. The molecule has 0 heterocycles.